The number of hydrogen-bond acceptors (Lipinski definition) is 3. The summed E-state index contributed by atoms with van der Waals surface area (Å²) in [6.45, 7) is -0.295. The SMILES string of the molecule is O=C(O)C=Cc1ccc(N(Cc2cccnc2)C(=O)C(F)(F)F)cc1. The van der Waals surface area contributed by atoms with Crippen LogP contribution in [0.5, 0.6) is 0 Å². The van der Waals surface area contributed by atoms with Gasteiger partial charge in [0.05, 0.1) is 6.54 Å². The van der Waals surface area contributed by atoms with E-state index in [2.05, 4.69) is 4.98 Å². The molecule has 1 N–H and O–H groups in total. The number of carboxylic acids is 1. The number of aliphatic carboxylic acids is 1. The maximum absolute atomic E-state index is 12.9. The molecule has 2 rings (SSSR count). The van der Waals surface area contributed by atoms with Crippen LogP contribution in [0, 0.1) is 0 Å². The van der Waals surface area contributed by atoms with Gasteiger partial charge in [0.25, 0.3) is 0 Å². The van der Waals surface area contributed by atoms with Crippen LogP contribution in [-0.4, -0.2) is 28.1 Å². The molecule has 0 aliphatic rings. The molecule has 130 valence electrons. The van der Waals surface area contributed by atoms with Crippen molar-refractivity contribution in [1.29, 1.82) is 0 Å². The van der Waals surface area contributed by atoms with Crippen molar-refractivity contribution in [3.05, 3.63) is 66.0 Å². The van der Waals surface area contributed by atoms with Crippen molar-refractivity contribution in [1.82, 2.24) is 4.98 Å². The van der Waals surface area contributed by atoms with Crippen molar-refractivity contribution in [2.45, 2.75) is 12.7 Å². The van der Waals surface area contributed by atoms with E-state index in [-0.39, 0.29) is 12.2 Å². The Morgan fingerprint density at radius 3 is 2.36 bits per heavy atom. The first-order chi connectivity index (χ1) is 11.8. The summed E-state index contributed by atoms with van der Waals surface area (Å²) in [7, 11) is 0. The highest BCUT2D eigenvalue weighted by Gasteiger charge is 2.43. The molecule has 0 aliphatic heterocycles. The van der Waals surface area contributed by atoms with Gasteiger partial charge in [-0.05, 0) is 35.4 Å². The van der Waals surface area contributed by atoms with Gasteiger partial charge in [0.2, 0.25) is 0 Å². The first-order valence-electron chi connectivity index (χ1n) is 7.06. The number of hydrogen-bond donors (Lipinski definition) is 1. The summed E-state index contributed by atoms with van der Waals surface area (Å²) in [5.41, 5.74) is 0.959. The zero-order chi connectivity index (χ0) is 18.4. The van der Waals surface area contributed by atoms with Gasteiger partial charge in [0.15, 0.2) is 0 Å². The standard InChI is InChI=1S/C17H13F3N2O3/c18-17(19,20)16(25)22(11-13-2-1-9-21-10-13)14-6-3-12(4-7-14)5-8-15(23)24/h1-10H,11H2,(H,23,24). The Kier molecular flexibility index (Phi) is 5.53. The molecule has 5 nitrogen and oxygen atoms in total. The molecule has 1 amide bonds. The topological polar surface area (TPSA) is 70.5 Å². The summed E-state index contributed by atoms with van der Waals surface area (Å²) in [5.74, 6) is -3.14. The average molecular weight is 350 g/mol. The highest BCUT2D eigenvalue weighted by molar-refractivity contribution is 5.97. The van der Waals surface area contributed by atoms with Gasteiger partial charge in [0.1, 0.15) is 0 Å². The van der Waals surface area contributed by atoms with Crippen LogP contribution in [0.2, 0.25) is 0 Å². The van der Waals surface area contributed by atoms with E-state index in [9.17, 15) is 22.8 Å². The molecule has 0 saturated heterocycles. The Balaban J connectivity index is 2.31. The van der Waals surface area contributed by atoms with Crippen molar-refractivity contribution in [3.8, 4) is 0 Å². The van der Waals surface area contributed by atoms with E-state index in [0.29, 0.717) is 16.0 Å². The van der Waals surface area contributed by atoms with Crippen LogP contribution < -0.4 is 4.90 Å². The predicted octanol–water partition coefficient (Wildman–Crippen LogP) is 3.27. The highest BCUT2D eigenvalue weighted by Crippen LogP contribution is 2.26. The Morgan fingerprint density at radius 1 is 1.16 bits per heavy atom. The number of aromatic nitrogens is 1. The second kappa shape index (κ2) is 7.61. The molecule has 8 heteroatoms. The van der Waals surface area contributed by atoms with Crippen molar-refractivity contribution in [3.63, 3.8) is 0 Å². The zero-order valence-corrected chi connectivity index (χ0v) is 12.8. The molecule has 0 bridgehead atoms. The van der Waals surface area contributed by atoms with Gasteiger partial charge in [-0.3, -0.25) is 9.78 Å². The van der Waals surface area contributed by atoms with Crippen LogP contribution in [0.3, 0.4) is 0 Å². The minimum atomic E-state index is -5.02. The van der Waals surface area contributed by atoms with Gasteiger partial charge in [-0.2, -0.15) is 13.2 Å². The number of anilines is 1. The van der Waals surface area contributed by atoms with E-state index in [4.69, 9.17) is 5.11 Å². The first-order valence-corrected chi connectivity index (χ1v) is 7.06. The lowest BCUT2D eigenvalue weighted by Crippen LogP contribution is -2.40. The molecule has 1 aromatic heterocycles. The molecule has 0 radical (unpaired) electrons. The normalized spacial score (nSPS) is 11.5. The molecule has 0 spiro atoms. The van der Waals surface area contributed by atoms with Crippen LogP contribution in [0.15, 0.2) is 54.9 Å². The molecule has 0 atom stereocenters. The maximum atomic E-state index is 12.9. The molecule has 2 aromatic rings. The van der Waals surface area contributed by atoms with Crippen molar-refractivity contribution < 1.29 is 27.9 Å². The van der Waals surface area contributed by atoms with E-state index in [1.165, 1.54) is 42.7 Å². The lowest BCUT2D eigenvalue weighted by Gasteiger charge is -2.24. The number of alkyl halides is 3. The number of carboxylic acid groups (broad SMARTS) is 1. The molecule has 1 aromatic carbocycles. The summed E-state index contributed by atoms with van der Waals surface area (Å²) < 4.78 is 38.7. The number of carbonyl (C=O) groups excluding carboxylic acids is 1. The predicted molar refractivity (Wildman–Crippen MR) is 84.6 cm³/mol. The number of carbonyl (C=O) groups is 2. The minimum Gasteiger partial charge on any atom is -0.478 e. The largest absolute Gasteiger partial charge is 0.478 e. The van der Waals surface area contributed by atoms with Crippen LogP contribution in [0.25, 0.3) is 6.08 Å². The number of rotatable bonds is 5. The van der Waals surface area contributed by atoms with E-state index in [1.807, 2.05) is 0 Å². The molecule has 25 heavy (non-hydrogen) atoms. The summed E-state index contributed by atoms with van der Waals surface area (Å²) in [5, 5.41) is 8.57. The highest BCUT2D eigenvalue weighted by atomic mass is 19.4. The second-order valence-electron chi connectivity index (χ2n) is 5.01. The lowest BCUT2D eigenvalue weighted by molar-refractivity contribution is -0.170. The number of halogens is 3. The van der Waals surface area contributed by atoms with E-state index in [1.54, 1.807) is 12.1 Å². The van der Waals surface area contributed by atoms with Gasteiger partial charge in [-0.1, -0.05) is 18.2 Å². The molecule has 0 fully saturated rings. The van der Waals surface area contributed by atoms with E-state index in [0.717, 1.165) is 6.08 Å². The van der Waals surface area contributed by atoms with Crippen LogP contribution in [-0.2, 0) is 16.1 Å². The Hall–Kier alpha value is -3.16. The van der Waals surface area contributed by atoms with Crippen LogP contribution in [0.4, 0.5) is 18.9 Å². The fourth-order valence-electron chi connectivity index (χ4n) is 2.04. The number of nitrogens with zero attached hydrogens (tertiary/aromatic N) is 2. The summed E-state index contributed by atoms with van der Waals surface area (Å²) >= 11 is 0. The Labute approximate surface area is 141 Å². The van der Waals surface area contributed by atoms with E-state index >= 15 is 0 Å². The third-order valence-corrected chi connectivity index (χ3v) is 3.17. The van der Waals surface area contributed by atoms with Gasteiger partial charge >= 0.3 is 18.1 Å². The summed E-state index contributed by atoms with van der Waals surface area (Å²) in [4.78, 5) is 26.7. The average Bonchev–Trinajstić information content (AvgIpc) is 2.58. The number of benzene rings is 1. The fraction of sp³-hybridized carbons (Fsp3) is 0.118. The quantitative estimate of drug-likeness (QED) is 0.840. The monoisotopic (exact) mass is 350 g/mol. The number of amides is 1. The summed E-state index contributed by atoms with van der Waals surface area (Å²) in [6, 6.07) is 8.62. The van der Waals surface area contributed by atoms with Gasteiger partial charge in [0, 0.05) is 24.2 Å². The maximum Gasteiger partial charge on any atom is 0.471 e. The van der Waals surface area contributed by atoms with Crippen molar-refractivity contribution >= 4 is 23.6 Å². The molecule has 0 saturated carbocycles. The molecule has 0 aliphatic carbocycles. The van der Waals surface area contributed by atoms with Gasteiger partial charge in [-0.15, -0.1) is 0 Å². The molecule has 0 unspecified atom stereocenters. The summed E-state index contributed by atoms with van der Waals surface area (Å²) in [6.07, 6.45) is 0.0279. The van der Waals surface area contributed by atoms with E-state index < -0.39 is 18.1 Å². The number of pyridine rings is 1. The van der Waals surface area contributed by atoms with Crippen molar-refractivity contribution in [2.24, 2.45) is 0 Å². The van der Waals surface area contributed by atoms with Crippen LogP contribution in [0.1, 0.15) is 11.1 Å². The van der Waals surface area contributed by atoms with Gasteiger partial charge in [-0.25, -0.2) is 4.79 Å². The second-order valence-corrected chi connectivity index (χ2v) is 5.01. The molecular formula is C17H13F3N2O3. The zero-order valence-electron chi connectivity index (χ0n) is 12.8. The third-order valence-electron chi connectivity index (χ3n) is 3.17. The molecular weight excluding hydrogens is 337 g/mol. The Morgan fingerprint density at radius 2 is 1.84 bits per heavy atom. The minimum absolute atomic E-state index is 0.0404. The smallest absolute Gasteiger partial charge is 0.471 e. The molecule has 1 heterocycles. The van der Waals surface area contributed by atoms with Crippen molar-refractivity contribution in [2.75, 3.05) is 4.90 Å². The van der Waals surface area contributed by atoms with Crippen LogP contribution >= 0.6 is 0 Å². The first kappa shape index (κ1) is 18.2. The Bertz CT molecular complexity index is 772. The lowest BCUT2D eigenvalue weighted by atomic mass is 10.1. The third kappa shape index (κ3) is 5.17. The fourth-order valence-corrected chi connectivity index (χ4v) is 2.04. The van der Waals surface area contributed by atoms with Gasteiger partial charge < -0.3 is 10.0 Å².